The molecule has 0 atom stereocenters. The molecule has 0 saturated carbocycles. The molecule has 1 amide bonds. The minimum atomic E-state index is -0.961. The second-order valence-electron chi connectivity index (χ2n) is 3.60. The first-order chi connectivity index (χ1) is 7.65. The van der Waals surface area contributed by atoms with Crippen LogP contribution in [0.2, 0.25) is 0 Å². The first-order valence-corrected chi connectivity index (χ1v) is 5.02. The second-order valence-corrected chi connectivity index (χ2v) is 3.60. The Morgan fingerprint density at radius 2 is 2.19 bits per heavy atom. The van der Waals surface area contributed by atoms with Crippen molar-refractivity contribution in [2.75, 3.05) is 13.2 Å². The molecule has 0 radical (unpaired) electrons. The summed E-state index contributed by atoms with van der Waals surface area (Å²) in [6, 6.07) is 0. The van der Waals surface area contributed by atoms with Crippen LogP contribution in [-0.2, 0) is 11.3 Å². The summed E-state index contributed by atoms with van der Waals surface area (Å²) in [5.41, 5.74) is -0.961. The van der Waals surface area contributed by atoms with E-state index in [1.165, 1.54) is 10.9 Å². The number of rotatable bonds is 6. The van der Waals surface area contributed by atoms with Crippen LogP contribution in [0, 0.1) is 0 Å². The van der Waals surface area contributed by atoms with Gasteiger partial charge in [0, 0.05) is 6.20 Å². The zero-order chi connectivity index (χ0) is 12.0. The maximum Gasteiger partial charge on any atom is 0.242 e. The van der Waals surface area contributed by atoms with E-state index in [0.29, 0.717) is 6.42 Å². The van der Waals surface area contributed by atoms with E-state index >= 15 is 0 Å². The van der Waals surface area contributed by atoms with Gasteiger partial charge in [-0.2, -0.15) is 0 Å². The van der Waals surface area contributed by atoms with Crippen molar-refractivity contribution >= 4 is 5.91 Å². The summed E-state index contributed by atoms with van der Waals surface area (Å²) in [6.07, 6.45) is 3.48. The standard InChI is InChI=1S/C9H16N4O3/c1-2-9(6-14,7-15)11-8(16)5-13-4-3-10-12-13/h3-4,14-15H,2,5-7H2,1H3,(H,11,16). The number of carbonyl (C=O) groups is 1. The molecular formula is C9H16N4O3. The van der Waals surface area contributed by atoms with Gasteiger partial charge in [-0.05, 0) is 6.42 Å². The number of nitrogens with zero attached hydrogens (tertiary/aromatic N) is 3. The number of hydrogen-bond acceptors (Lipinski definition) is 5. The molecule has 0 aliphatic heterocycles. The highest BCUT2D eigenvalue weighted by Crippen LogP contribution is 2.07. The van der Waals surface area contributed by atoms with Gasteiger partial charge in [0.25, 0.3) is 0 Å². The Balaban J connectivity index is 2.55. The molecule has 1 aromatic heterocycles. The molecule has 1 heterocycles. The molecule has 7 nitrogen and oxygen atoms in total. The van der Waals surface area contributed by atoms with E-state index < -0.39 is 5.54 Å². The van der Waals surface area contributed by atoms with E-state index in [0.717, 1.165) is 0 Å². The van der Waals surface area contributed by atoms with Crippen LogP contribution >= 0.6 is 0 Å². The summed E-state index contributed by atoms with van der Waals surface area (Å²) in [7, 11) is 0. The maximum atomic E-state index is 11.6. The number of carbonyl (C=O) groups excluding carboxylic acids is 1. The van der Waals surface area contributed by atoms with Crippen LogP contribution in [0.3, 0.4) is 0 Å². The molecule has 0 saturated heterocycles. The van der Waals surface area contributed by atoms with Crippen molar-refractivity contribution in [1.29, 1.82) is 0 Å². The third kappa shape index (κ3) is 3.01. The average molecular weight is 228 g/mol. The van der Waals surface area contributed by atoms with Crippen LogP contribution in [0.4, 0.5) is 0 Å². The Kier molecular flexibility index (Phi) is 4.39. The van der Waals surface area contributed by atoms with Crippen LogP contribution < -0.4 is 5.32 Å². The van der Waals surface area contributed by atoms with Crippen LogP contribution in [0.25, 0.3) is 0 Å². The molecule has 7 heteroatoms. The minimum absolute atomic E-state index is 0.0156. The first kappa shape index (κ1) is 12.6. The molecule has 0 bridgehead atoms. The Hall–Kier alpha value is -1.47. The molecule has 0 spiro atoms. The Bertz CT molecular complexity index is 313. The van der Waals surface area contributed by atoms with Crippen molar-refractivity contribution in [3.8, 4) is 0 Å². The number of amides is 1. The number of aliphatic hydroxyl groups is 2. The molecule has 1 aromatic rings. The highest BCUT2D eigenvalue weighted by Gasteiger charge is 2.28. The largest absolute Gasteiger partial charge is 0.394 e. The van der Waals surface area contributed by atoms with E-state index in [9.17, 15) is 4.79 Å². The molecule has 0 aliphatic carbocycles. The maximum absolute atomic E-state index is 11.6. The molecule has 3 N–H and O–H groups in total. The molecule has 90 valence electrons. The highest BCUT2D eigenvalue weighted by molar-refractivity contribution is 5.76. The van der Waals surface area contributed by atoms with Crippen molar-refractivity contribution in [3.05, 3.63) is 12.4 Å². The normalized spacial score (nSPS) is 11.4. The van der Waals surface area contributed by atoms with E-state index in [1.807, 2.05) is 0 Å². The van der Waals surface area contributed by atoms with Gasteiger partial charge in [-0.15, -0.1) is 5.10 Å². The molecule has 0 fully saturated rings. The van der Waals surface area contributed by atoms with Gasteiger partial charge in [-0.25, -0.2) is 4.68 Å². The summed E-state index contributed by atoms with van der Waals surface area (Å²) in [5, 5.41) is 28.1. The SMILES string of the molecule is CCC(CO)(CO)NC(=O)Cn1ccnn1. The fraction of sp³-hybridized carbons (Fsp3) is 0.667. The fourth-order valence-electron chi connectivity index (χ4n) is 1.24. The summed E-state index contributed by atoms with van der Waals surface area (Å²) in [6.45, 7) is 1.19. The summed E-state index contributed by atoms with van der Waals surface area (Å²) in [4.78, 5) is 11.6. The number of hydrogen-bond donors (Lipinski definition) is 3. The van der Waals surface area contributed by atoms with Crippen molar-refractivity contribution < 1.29 is 15.0 Å². The minimum Gasteiger partial charge on any atom is -0.394 e. The third-order valence-corrected chi connectivity index (χ3v) is 2.46. The smallest absolute Gasteiger partial charge is 0.242 e. The topological polar surface area (TPSA) is 100 Å². The molecule has 0 aliphatic rings. The monoisotopic (exact) mass is 228 g/mol. The lowest BCUT2D eigenvalue weighted by atomic mass is 9.98. The van der Waals surface area contributed by atoms with Crippen LogP contribution in [0.15, 0.2) is 12.4 Å². The zero-order valence-electron chi connectivity index (χ0n) is 9.13. The Morgan fingerprint density at radius 1 is 1.50 bits per heavy atom. The van der Waals surface area contributed by atoms with E-state index in [2.05, 4.69) is 15.6 Å². The third-order valence-electron chi connectivity index (χ3n) is 2.46. The van der Waals surface area contributed by atoms with Crippen LogP contribution in [-0.4, -0.2) is 49.9 Å². The lowest BCUT2D eigenvalue weighted by Crippen LogP contribution is -2.54. The van der Waals surface area contributed by atoms with Crippen molar-refractivity contribution in [3.63, 3.8) is 0 Å². The Labute approximate surface area is 93.1 Å². The van der Waals surface area contributed by atoms with Gasteiger partial charge in [0.15, 0.2) is 0 Å². The predicted molar refractivity (Wildman–Crippen MR) is 55.4 cm³/mol. The lowest BCUT2D eigenvalue weighted by Gasteiger charge is -2.29. The van der Waals surface area contributed by atoms with Gasteiger partial charge in [-0.3, -0.25) is 4.79 Å². The van der Waals surface area contributed by atoms with Crippen molar-refractivity contribution in [2.45, 2.75) is 25.4 Å². The molecule has 0 aromatic carbocycles. The first-order valence-electron chi connectivity index (χ1n) is 5.02. The molecule has 0 unspecified atom stereocenters. The predicted octanol–water partition coefficient (Wildman–Crippen LogP) is -1.47. The van der Waals surface area contributed by atoms with E-state index in [-0.39, 0.29) is 25.7 Å². The summed E-state index contributed by atoms with van der Waals surface area (Å²) in [5.74, 6) is -0.324. The summed E-state index contributed by atoms with van der Waals surface area (Å²) < 4.78 is 1.37. The average Bonchev–Trinajstić information content (AvgIpc) is 2.79. The fourth-order valence-corrected chi connectivity index (χ4v) is 1.24. The van der Waals surface area contributed by atoms with Gasteiger partial charge in [0.05, 0.1) is 24.9 Å². The van der Waals surface area contributed by atoms with E-state index in [1.54, 1.807) is 13.1 Å². The van der Waals surface area contributed by atoms with Gasteiger partial charge >= 0.3 is 0 Å². The van der Waals surface area contributed by atoms with Gasteiger partial charge in [0.2, 0.25) is 5.91 Å². The van der Waals surface area contributed by atoms with Crippen molar-refractivity contribution in [1.82, 2.24) is 20.3 Å². The lowest BCUT2D eigenvalue weighted by molar-refractivity contribution is -0.125. The van der Waals surface area contributed by atoms with Crippen LogP contribution in [0.5, 0.6) is 0 Å². The van der Waals surface area contributed by atoms with E-state index in [4.69, 9.17) is 10.2 Å². The van der Waals surface area contributed by atoms with Crippen LogP contribution in [0.1, 0.15) is 13.3 Å². The van der Waals surface area contributed by atoms with Gasteiger partial charge < -0.3 is 15.5 Å². The number of aromatic nitrogens is 3. The number of nitrogens with one attached hydrogen (secondary N) is 1. The van der Waals surface area contributed by atoms with Crippen molar-refractivity contribution in [2.24, 2.45) is 0 Å². The van der Waals surface area contributed by atoms with Gasteiger partial charge in [-0.1, -0.05) is 12.1 Å². The van der Waals surface area contributed by atoms with Gasteiger partial charge in [0.1, 0.15) is 6.54 Å². The molecule has 1 rings (SSSR count). The highest BCUT2D eigenvalue weighted by atomic mass is 16.3. The second kappa shape index (κ2) is 5.57. The molecular weight excluding hydrogens is 212 g/mol. The molecule has 16 heavy (non-hydrogen) atoms. The number of aliphatic hydroxyl groups excluding tert-OH is 2. The quantitative estimate of drug-likeness (QED) is 0.552. The zero-order valence-corrected chi connectivity index (χ0v) is 9.13. The Morgan fingerprint density at radius 3 is 2.62 bits per heavy atom. The summed E-state index contributed by atoms with van der Waals surface area (Å²) >= 11 is 0.